The number of rotatable bonds is 9. The number of hydrogen-bond donors (Lipinski definition) is 3. The molecular weight excluding hydrogens is 434 g/mol. The quantitative estimate of drug-likeness (QED) is 0.451. The van der Waals surface area contributed by atoms with Gasteiger partial charge < -0.3 is 29.7 Å². The Kier molecular flexibility index (Phi) is 8.27. The van der Waals surface area contributed by atoms with Crippen molar-refractivity contribution in [3.05, 3.63) is 108 Å². The SMILES string of the molecule is O=C(N[C@@H]1[C@H](O)[C@H](O)[C@@H](OCc2ccccc2)[C@H]1OCc1ccccc1)OCc1ccccc1. The highest BCUT2D eigenvalue weighted by molar-refractivity contribution is 5.68. The van der Waals surface area contributed by atoms with Crippen LogP contribution in [0.1, 0.15) is 16.7 Å². The number of carbonyl (C=O) groups is 1. The Morgan fingerprint density at radius 1 is 0.647 bits per heavy atom. The van der Waals surface area contributed by atoms with Gasteiger partial charge in [-0.25, -0.2) is 4.79 Å². The van der Waals surface area contributed by atoms with Gasteiger partial charge in [-0.05, 0) is 16.7 Å². The molecule has 1 aliphatic carbocycles. The van der Waals surface area contributed by atoms with Crippen molar-refractivity contribution in [2.45, 2.75) is 50.3 Å². The van der Waals surface area contributed by atoms with E-state index in [9.17, 15) is 15.0 Å². The molecule has 0 unspecified atom stereocenters. The van der Waals surface area contributed by atoms with Gasteiger partial charge in [-0.15, -0.1) is 0 Å². The summed E-state index contributed by atoms with van der Waals surface area (Å²) in [5.41, 5.74) is 2.68. The smallest absolute Gasteiger partial charge is 0.407 e. The summed E-state index contributed by atoms with van der Waals surface area (Å²) in [5.74, 6) is 0. The topological polar surface area (TPSA) is 97.3 Å². The molecule has 178 valence electrons. The molecule has 34 heavy (non-hydrogen) atoms. The summed E-state index contributed by atoms with van der Waals surface area (Å²) in [6.07, 6.45) is -4.89. The average Bonchev–Trinajstić information content (AvgIpc) is 3.10. The monoisotopic (exact) mass is 463 g/mol. The highest BCUT2D eigenvalue weighted by atomic mass is 16.6. The lowest BCUT2D eigenvalue weighted by Gasteiger charge is -2.26. The van der Waals surface area contributed by atoms with Crippen LogP contribution in [0.25, 0.3) is 0 Å². The lowest BCUT2D eigenvalue weighted by Crippen LogP contribution is -2.49. The number of benzene rings is 3. The molecule has 1 aliphatic rings. The number of carbonyl (C=O) groups excluding carboxylic acids is 1. The third-order valence-corrected chi connectivity index (χ3v) is 5.80. The molecule has 0 heterocycles. The van der Waals surface area contributed by atoms with Gasteiger partial charge in [-0.2, -0.15) is 0 Å². The molecular formula is C27H29NO6. The standard InChI is InChI=1S/C27H29NO6/c29-23-22(28-27(31)34-18-21-14-8-3-9-15-21)25(32-16-19-10-4-1-5-11-19)26(24(23)30)33-17-20-12-6-2-7-13-20/h1-15,22-26,29-30H,16-18H2,(H,28,31)/t22-,23+,24+,25+,26-/m1/s1. The molecule has 7 nitrogen and oxygen atoms in total. The summed E-state index contributed by atoms with van der Waals surface area (Å²) < 4.78 is 17.4. The molecule has 3 aromatic rings. The van der Waals surface area contributed by atoms with E-state index in [4.69, 9.17) is 14.2 Å². The molecule has 0 radical (unpaired) electrons. The lowest BCUT2D eigenvalue weighted by molar-refractivity contribution is -0.110. The molecule has 1 saturated carbocycles. The van der Waals surface area contributed by atoms with Crippen molar-refractivity contribution in [2.24, 2.45) is 0 Å². The van der Waals surface area contributed by atoms with Gasteiger partial charge in [0.2, 0.25) is 0 Å². The van der Waals surface area contributed by atoms with E-state index in [1.54, 1.807) is 0 Å². The molecule has 7 heteroatoms. The predicted octanol–water partition coefficient (Wildman–Crippen LogP) is 3.19. The largest absolute Gasteiger partial charge is 0.445 e. The number of aliphatic hydroxyl groups excluding tert-OH is 2. The maximum atomic E-state index is 12.5. The zero-order valence-corrected chi connectivity index (χ0v) is 18.7. The van der Waals surface area contributed by atoms with Gasteiger partial charge in [0.15, 0.2) is 0 Å². The Balaban J connectivity index is 1.44. The molecule has 0 saturated heterocycles. The summed E-state index contributed by atoms with van der Waals surface area (Å²) in [4.78, 5) is 12.5. The van der Waals surface area contributed by atoms with Crippen LogP contribution in [0.4, 0.5) is 4.79 Å². The molecule has 5 atom stereocenters. The average molecular weight is 464 g/mol. The minimum atomic E-state index is -1.29. The first-order valence-electron chi connectivity index (χ1n) is 11.3. The van der Waals surface area contributed by atoms with Crippen LogP contribution in [0.5, 0.6) is 0 Å². The van der Waals surface area contributed by atoms with E-state index in [0.29, 0.717) is 0 Å². The van der Waals surface area contributed by atoms with Crippen molar-refractivity contribution in [2.75, 3.05) is 0 Å². The van der Waals surface area contributed by atoms with E-state index in [-0.39, 0.29) is 19.8 Å². The van der Waals surface area contributed by atoms with Crippen molar-refractivity contribution in [1.29, 1.82) is 0 Å². The molecule has 3 N–H and O–H groups in total. The van der Waals surface area contributed by atoms with Gasteiger partial charge in [-0.1, -0.05) is 91.0 Å². The van der Waals surface area contributed by atoms with Crippen LogP contribution in [-0.4, -0.2) is 46.8 Å². The van der Waals surface area contributed by atoms with Crippen LogP contribution in [-0.2, 0) is 34.0 Å². The van der Waals surface area contributed by atoms with Gasteiger partial charge in [0, 0.05) is 0 Å². The highest BCUT2D eigenvalue weighted by Gasteiger charge is 2.52. The Morgan fingerprint density at radius 3 is 1.59 bits per heavy atom. The van der Waals surface area contributed by atoms with E-state index in [1.807, 2.05) is 91.0 Å². The van der Waals surface area contributed by atoms with Gasteiger partial charge in [0.1, 0.15) is 31.0 Å². The minimum absolute atomic E-state index is 0.0848. The molecule has 3 aromatic carbocycles. The summed E-state index contributed by atoms with van der Waals surface area (Å²) in [6, 6.07) is 27.4. The van der Waals surface area contributed by atoms with Crippen molar-refractivity contribution >= 4 is 6.09 Å². The molecule has 4 rings (SSSR count). The molecule has 0 aromatic heterocycles. The zero-order valence-electron chi connectivity index (χ0n) is 18.7. The first kappa shape index (κ1) is 23.9. The molecule has 0 bridgehead atoms. The number of nitrogens with one attached hydrogen (secondary N) is 1. The van der Waals surface area contributed by atoms with E-state index in [0.717, 1.165) is 16.7 Å². The summed E-state index contributed by atoms with van der Waals surface area (Å²) in [6.45, 7) is 0.542. The van der Waals surface area contributed by atoms with Crippen LogP contribution in [0.15, 0.2) is 91.0 Å². The first-order chi connectivity index (χ1) is 16.6. The van der Waals surface area contributed by atoms with Crippen LogP contribution >= 0.6 is 0 Å². The van der Waals surface area contributed by atoms with Crippen LogP contribution in [0, 0.1) is 0 Å². The van der Waals surface area contributed by atoms with Gasteiger partial charge in [0.25, 0.3) is 0 Å². The summed E-state index contributed by atoms with van der Waals surface area (Å²) in [7, 11) is 0. The van der Waals surface area contributed by atoms with Gasteiger partial charge >= 0.3 is 6.09 Å². The maximum Gasteiger partial charge on any atom is 0.407 e. The number of amides is 1. The summed E-state index contributed by atoms with van der Waals surface area (Å²) >= 11 is 0. The minimum Gasteiger partial charge on any atom is -0.445 e. The Hall–Kier alpha value is -3.23. The first-order valence-corrected chi connectivity index (χ1v) is 11.3. The van der Waals surface area contributed by atoms with Crippen molar-refractivity contribution in [3.8, 4) is 0 Å². The van der Waals surface area contributed by atoms with Crippen LogP contribution < -0.4 is 5.32 Å². The fourth-order valence-corrected chi connectivity index (χ4v) is 3.99. The zero-order chi connectivity index (χ0) is 23.8. The van der Waals surface area contributed by atoms with E-state index >= 15 is 0 Å². The molecule has 0 spiro atoms. The molecule has 1 fully saturated rings. The normalized spacial score (nSPS) is 24.0. The third kappa shape index (κ3) is 6.21. The number of ether oxygens (including phenoxy) is 3. The fourth-order valence-electron chi connectivity index (χ4n) is 3.99. The number of hydrogen-bond acceptors (Lipinski definition) is 6. The Bertz CT molecular complexity index is 1020. The second-order valence-corrected chi connectivity index (χ2v) is 8.24. The highest BCUT2D eigenvalue weighted by Crippen LogP contribution is 2.29. The predicted molar refractivity (Wildman–Crippen MR) is 126 cm³/mol. The number of aliphatic hydroxyl groups is 2. The molecule has 1 amide bonds. The van der Waals surface area contributed by atoms with Crippen molar-refractivity contribution in [3.63, 3.8) is 0 Å². The van der Waals surface area contributed by atoms with Crippen molar-refractivity contribution in [1.82, 2.24) is 5.32 Å². The van der Waals surface area contributed by atoms with Crippen LogP contribution in [0.2, 0.25) is 0 Å². The fraction of sp³-hybridized carbons (Fsp3) is 0.296. The summed E-state index contributed by atoms with van der Waals surface area (Å²) in [5, 5.41) is 24.2. The van der Waals surface area contributed by atoms with Crippen LogP contribution in [0.3, 0.4) is 0 Å². The Morgan fingerprint density at radius 2 is 1.09 bits per heavy atom. The van der Waals surface area contributed by atoms with E-state index in [2.05, 4.69) is 5.32 Å². The van der Waals surface area contributed by atoms with E-state index in [1.165, 1.54) is 0 Å². The maximum absolute atomic E-state index is 12.5. The third-order valence-electron chi connectivity index (χ3n) is 5.80. The van der Waals surface area contributed by atoms with Gasteiger partial charge in [0.05, 0.1) is 19.3 Å². The number of alkyl carbamates (subject to hydrolysis) is 1. The lowest BCUT2D eigenvalue weighted by atomic mass is 10.1. The van der Waals surface area contributed by atoms with Gasteiger partial charge in [-0.3, -0.25) is 0 Å². The second kappa shape index (κ2) is 11.8. The van der Waals surface area contributed by atoms with E-state index < -0.39 is 36.6 Å². The van der Waals surface area contributed by atoms with Crippen molar-refractivity contribution < 1.29 is 29.2 Å². The molecule has 0 aliphatic heterocycles. The second-order valence-electron chi connectivity index (χ2n) is 8.24. The Labute approximate surface area is 198 Å².